The Hall–Kier alpha value is -1.00. The Bertz CT molecular complexity index is 711. The van der Waals surface area contributed by atoms with Gasteiger partial charge in [0.2, 0.25) is 20.0 Å². The Kier molecular flexibility index (Phi) is 4.69. The summed E-state index contributed by atoms with van der Waals surface area (Å²) in [6.07, 6.45) is 1.61. The van der Waals surface area contributed by atoms with E-state index in [-0.39, 0.29) is 29.0 Å². The first kappa shape index (κ1) is 16.4. The topological polar surface area (TPSA) is 107 Å². The van der Waals surface area contributed by atoms with Gasteiger partial charge in [-0.2, -0.15) is 4.31 Å². The first-order chi connectivity index (χ1) is 9.76. The first-order valence-corrected chi connectivity index (χ1v) is 9.39. The predicted molar refractivity (Wildman–Crippen MR) is 76.6 cm³/mol. The highest BCUT2D eigenvalue weighted by molar-refractivity contribution is 7.90. The van der Waals surface area contributed by atoms with Crippen molar-refractivity contribution in [3.05, 3.63) is 24.3 Å². The number of methoxy groups -OCH3 is 1. The standard InChI is InChI=1S/C12H18N2O5S2/c1-19-8-7-14(10-5-6-10)21(17,18)12-4-2-3-11(9-12)20(13,15)16/h2-4,9-10H,5-8H2,1H3,(H2,13,15,16). The molecule has 1 aromatic rings. The molecule has 1 fully saturated rings. The van der Waals surface area contributed by atoms with E-state index in [1.165, 1.54) is 29.6 Å². The van der Waals surface area contributed by atoms with Crippen LogP contribution < -0.4 is 5.14 Å². The summed E-state index contributed by atoms with van der Waals surface area (Å²) >= 11 is 0. The number of hydrogen-bond acceptors (Lipinski definition) is 5. The van der Waals surface area contributed by atoms with Crippen molar-refractivity contribution >= 4 is 20.0 Å². The summed E-state index contributed by atoms with van der Waals surface area (Å²) < 4.78 is 54.3. The minimum absolute atomic E-state index is 0.0386. The third-order valence-corrected chi connectivity index (χ3v) is 6.07. The Morgan fingerprint density at radius 3 is 2.38 bits per heavy atom. The molecule has 1 aliphatic rings. The number of rotatable bonds is 7. The molecule has 0 amide bonds. The average Bonchev–Trinajstić information content (AvgIpc) is 3.23. The van der Waals surface area contributed by atoms with E-state index in [0.29, 0.717) is 0 Å². The van der Waals surface area contributed by atoms with E-state index >= 15 is 0 Å². The third-order valence-electron chi connectivity index (χ3n) is 3.21. The van der Waals surface area contributed by atoms with Gasteiger partial charge in [0.05, 0.1) is 16.4 Å². The highest BCUT2D eigenvalue weighted by atomic mass is 32.2. The van der Waals surface area contributed by atoms with Gasteiger partial charge in [-0.25, -0.2) is 22.0 Å². The van der Waals surface area contributed by atoms with Gasteiger partial charge in [-0.3, -0.25) is 0 Å². The molecule has 1 aromatic carbocycles. The molecule has 0 aliphatic heterocycles. The first-order valence-electron chi connectivity index (χ1n) is 6.40. The van der Waals surface area contributed by atoms with Gasteiger partial charge >= 0.3 is 0 Å². The largest absolute Gasteiger partial charge is 0.383 e. The summed E-state index contributed by atoms with van der Waals surface area (Å²) in [4.78, 5) is -0.289. The lowest BCUT2D eigenvalue weighted by molar-refractivity contribution is 0.177. The van der Waals surface area contributed by atoms with Crippen molar-refractivity contribution in [3.63, 3.8) is 0 Å². The van der Waals surface area contributed by atoms with Crippen molar-refractivity contribution in [2.24, 2.45) is 5.14 Å². The summed E-state index contributed by atoms with van der Waals surface area (Å²) in [6.45, 7) is 0.522. The highest BCUT2D eigenvalue weighted by Gasteiger charge is 2.37. The summed E-state index contributed by atoms with van der Waals surface area (Å²) in [5.41, 5.74) is 0. The molecule has 0 atom stereocenters. The van der Waals surface area contributed by atoms with Crippen molar-refractivity contribution in [2.75, 3.05) is 20.3 Å². The molecule has 1 aliphatic carbocycles. The van der Waals surface area contributed by atoms with Gasteiger partial charge < -0.3 is 4.74 Å². The Labute approximate surface area is 124 Å². The molecule has 9 heteroatoms. The van der Waals surface area contributed by atoms with Crippen LogP contribution in [0.25, 0.3) is 0 Å². The van der Waals surface area contributed by atoms with E-state index in [1.807, 2.05) is 0 Å². The van der Waals surface area contributed by atoms with Gasteiger partial charge in [0.25, 0.3) is 0 Å². The molecule has 0 unspecified atom stereocenters. The van der Waals surface area contributed by atoms with E-state index in [9.17, 15) is 16.8 Å². The van der Waals surface area contributed by atoms with E-state index < -0.39 is 20.0 Å². The zero-order valence-electron chi connectivity index (χ0n) is 11.6. The number of nitrogens with zero attached hydrogens (tertiary/aromatic N) is 1. The summed E-state index contributed by atoms with van der Waals surface area (Å²) in [5, 5.41) is 5.04. The lowest BCUT2D eigenvalue weighted by Gasteiger charge is -2.21. The van der Waals surface area contributed by atoms with Gasteiger partial charge in [-0.05, 0) is 31.0 Å². The normalized spacial score (nSPS) is 16.3. The number of benzene rings is 1. The molecule has 0 saturated heterocycles. The maximum absolute atomic E-state index is 12.6. The van der Waals surface area contributed by atoms with Crippen LogP contribution in [0.4, 0.5) is 0 Å². The zero-order valence-corrected chi connectivity index (χ0v) is 13.2. The lowest BCUT2D eigenvalue weighted by Crippen LogP contribution is -2.35. The Morgan fingerprint density at radius 2 is 1.86 bits per heavy atom. The maximum Gasteiger partial charge on any atom is 0.243 e. The van der Waals surface area contributed by atoms with Crippen LogP contribution in [0.3, 0.4) is 0 Å². The third kappa shape index (κ3) is 3.80. The fraction of sp³-hybridized carbons (Fsp3) is 0.500. The van der Waals surface area contributed by atoms with Crippen LogP contribution >= 0.6 is 0 Å². The van der Waals surface area contributed by atoms with Crippen molar-refractivity contribution in [1.29, 1.82) is 0 Å². The van der Waals surface area contributed by atoms with E-state index in [2.05, 4.69) is 0 Å². The highest BCUT2D eigenvalue weighted by Crippen LogP contribution is 2.32. The van der Waals surface area contributed by atoms with E-state index in [0.717, 1.165) is 18.9 Å². The Morgan fingerprint density at radius 1 is 1.24 bits per heavy atom. The summed E-state index contributed by atoms with van der Waals surface area (Å²) in [6, 6.07) is 5.06. The maximum atomic E-state index is 12.6. The summed E-state index contributed by atoms with van der Waals surface area (Å²) in [7, 11) is -6.20. The molecule has 0 radical (unpaired) electrons. The van der Waals surface area contributed by atoms with Crippen molar-refractivity contribution in [1.82, 2.24) is 4.31 Å². The van der Waals surface area contributed by atoms with Crippen molar-refractivity contribution in [3.8, 4) is 0 Å². The second-order valence-electron chi connectivity index (χ2n) is 4.86. The molecule has 0 bridgehead atoms. The second kappa shape index (κ2) is 6.01. The molecule has 118 valence electrons. The van der Waals surface area contributed by atoms with Crippen LogP contribution in [0.15, 0.2) is 34.1 Å². The summed E-state index contributed by atoms with van der Waals surface area (Å²) in [5.74, 6) is 0. The zero-order chi connectivity index (χ0) is 15.7. The fourth-order valence-electron chi connectivity index (χ4n) is 1.99. The molecule has 0 spiro atoms. The van der Waals surface area contributed by atoms with Crippen LogP contribution in [0.5, 0.6) is 0 Å². The minimum Gasteiger partial charge on any atom is -0.383 e. The van der Waals surface area contributed by atoms with Gasteiger partial charge in [-0.15, -0.1) is 0 Å². The molecular weight excluding hydrogens is 316 g/mol. The number of hydrogen-bond donors (Lipinski definition) is 1. The van der Waals surface area contributed by atoms with Crippen LogP contribution in [0.2, 0.25) is 0 Å². The molecule has 7 nitrogen and oxygen atoms in total. The van der Waals surface area contributed by atoms with Crippen molar-refractivity contribution in [2.45, 2.75) is 28.7 Å². The number of nitrogens with two attached hydrogens (primary N) is 1. The Balaban J connectivity index is 2.38. The fourth-order valence-corrected chi connectivity index (χ4v) is 4.34. The molecule has 2 rings (SSSR count). The molecule has 1 saturated carbocycles. The van der Waals surface area contributed by atoms with Gasteiger partial charge in [0.15, 0.2) is 0 Å². The predicted octanol–water partition coefficient (Wildman–Crippen LogP) is 0.134. The average molecular weight is 334 g/mol. The molecular formula is C12H18N2O5S2. The lowest BCUT2D eigenvalue weighted by atomic mass is 10.4. The van der Waals surface area contributed by atoms with Crippen molar-refractivity contribution < 1.29 is 21.6 Å². The van der Waals surface area contributed by atoms with E-state index in [4.69, 9.17) is 9.88 Å². The number of sulfonamides is 2. The van der Waals surface area contributed by atoms with Crippen LogP contribution in [-0.2, 0) is 24.8 Å². The second-order valence-corrected chi connectivity index (χ2v) is 8.31. The molecule has 0 heterocycles. The SMILES string of the molecule is COCCN(C1CC1)S(=O)(=O)c1cccc(S(N)(=O)=O)c1. The molecule has 21 heavy (non-hydrogen) atoms. The van der Waals surface area contributed by atoms with Gasteiger partial charge in [0, 0.05) is 19.7 Å². The molecule has 0 aromatic heterocycles. The quantitative estimate of drug-likeness (QED) is 0.763. The molecule has 2 N–H and O–H groups in total. The smallest absolute Gasteiger partial charge is 0.243 e. The van der Waals surface area contributed by atoms with E-state index in [1.54, 1.807) is 0 Å². The van der Waals surface area contributed by atoms with Crippen LogP contribution in [0.1, 0.15) is 12.8 Å². The number of ether oxygens (including phenoxy) is 1. The van der Waals surface area contributed by atoms with Crippen LogP contribution in [0, 0.1) is 0 Å². The van der Waals surface area contributed by atoms with Crippen LogP contribution in [-0.4, -0.2) is 47.4 Å². The van der Waals surface area contributed by atoms with Gasteiger partial charge in [-0.1, -0.05) is 6.07 Å². The minimum atomic E-state index is -3.94. The van der Waals surface area contributed by atoms with Gasteiger partial charge in [0.1, 0.15) is 0 Å². The number of primary sulfonamides is 1. The monoisotopic (exact) mass is 334 g/mol.